The van der Waals surface area contributed by atoms with Crippen molar-refractivity contribution in [2.24, 2.45) is 5.73 Å². The molecule has 108 valence electrons. The SMILES string of the molecule is CCCCC(C)NC(=O)CCOCCOCCN. The summed E-state index contributed by atoms with van der Waals surface area (Å²) in [6.45, 7) is 6.75. The summed E-state index contributed by atoms with van der Waals surface area (Å²) in [5.74, 6) is 0.0569. The van der Waals surface area contributed by atoms with Crippen LogP contribution in [0, 0.1) is 0 Å². The molecule has 5 nitrogen and oxygen atoms in total. The third kappa shape index (κ3) is 11.8. The Hall–Kier alpha value is -0.650. The van der Waals surface area contributed by atoms with Crippen molar-refractivity contribution in [1.29, 1.82) is 0 Å². The van der Waals surface area contributed by atoms with Gasteiger partial charge in [0.15, 0.2) is 0 Å². The Balaban J connectivity index is 3.31. The van der Waals surface area contributed by atoms with E-state index in [2.05, 4.69) is 12.2 Å². The number of carbonyl (C=O) groups excluding carboxylic acids is 1. The second-order valence-corrected chi connectivity index (χ2v) is 4.37. The Morgan fingerprint density at radius 2 is 1.89 bits per heavy atom. The van der Waals surface area contributed by atoms with Gasteiger partial charge in [0.05, 0.1) is 26.4 Å². The number of hydrogen-bond acceptors (Lipinski definition) is 4. The molecule has 5 heteroatoms. The summed E-state index contributed by atoms with van der Waals surface area (Å²) in [6.07, 6.45) is 3.76. The van der Waals surface area contributed by atoms with Crippen molar-refractivity contribution in [2.75, 3.05) is 33.0 Å². The number of unbranched alkanes of at least 4 members (excludes halogenated alkanes) is 1. The first-order chi connectivity index (χ1) is 8.70. The molecule has 1 amide bonds. The molecule has 0 aromatic carbocycles. The zero-order valence-corrected chi connectivity index (χ0v) is 11.7. The van der Waals surface area contributed by atoms with Crippen LogP contribution in [-0.4, -0.2) is 44.9 Å². The van der Waals surface area contributed by atoms with E-state index in [4.69, 9.17) is 15.2 Å². The van der Waals surface area contributed by atoms with Crippen LogP contribution in [-0.2, 0) is 14.3 Å². The van der Waals surface area contributed by atoms with Crippen LogP contribution in [0.1, 0.15) is 39.5 Å². The maximum atomic E-state index is 11.5. The second kappa shape index (κ2) is 12.8. The van der Waals surface area contributed by atoms with Gasteiger partial charge in [-0.15, -0.1) is 0 Å². The first-order valence-corrected chi connectivity index (χ1v) is 6.85. The van der Waals surface area contributed by atoms with Gasteiger partial charge in [-0.3, -0.25) is 4.79 Å². The largest absolute Gasteiger partial charge is 0.379 e. The fourth-order valence-corrected chi connectivity index (χ4v) is 1.50. The van der Waals surface area contributed by atoms with E-state index in [1.165, 1.54) is 0 Å². The predicted octanol–water partition coefficient (Wildman–Crippen LogP) is 1.06. The molecule has 0 aromatic rings. The van der Waals surface area contributed by atoms with E-state index in [0.29, 0.717) is 39.4 Å². The molecule has 1 unspecified atom stereocenters. The van der Waals surface area contributed by atoms with E-state index < -0.39 is 0 Å². The molecule has 0 rings (SSSR count). The highest BCUT2D eigenvalue weighted by Crippen LogP contribution is 1.99. The number of hydrogen-bond donors (Lipinski definition) is 2. The average molecular weight is 260 g/mol. The van der Waals surface area contributed by atoms with Crippen molar-refractivity contribution in [3.63, 3.8) is 0 Å². The summed E-state index contributed by atoms with van der Waals surface area (Å²) in [5.41, 5.74) is 5.27. The maximum absolute atomic E-state index is 11.5. The highest BCUT2D eigenvalue weighted by molar-refractivity contribution is 5.76. The van der Waals surface area contributed by atoms with E-state index in [9.17, 15) is 4.79 Å². The minimum Gasteiger partial charge on any atom is -0.379 e. The van der Waals surface area contributed by atoms with Crippen LogP contribution < -0.4 is 11.1 Å². The summed E-state index contributed by atoms with van der Waals surface area (Å²) in [7, 11) is 0. The highest BCUT2D eigenvalue weighted by atomic mass is 16.5. The van der Waals surface area contributed by atoms with Crippen molar-refractivity contribution < 1.29 is 14.3 Å². The van der Waals surface area contributed by atoms with E-state index >= 15 is 0 Å². The zero-order chi connectivity index (χ0) is 13.6. The summed E-state index contributed by atoms with van der Waals surface area (Å²) in [6, 6.07) is 0.255. The van der Waals surface area contributed by atoms with Gasteiger partial charge in [-0.05, 0) is 13.3 Å². The lowest BCUT2D eigenvalue weighted by atomic mass is 10.1. The molecule has 0 aliphatic heterocycles. The third-order valence-electron chi connectivity index (χ3n) is 2.51. The number of nitrogens with two attached hydrogens (primary N) is 1. The third-order valence-corrected chi connectivity index (χ3v) is 2.51. The molecule has 0 spiro atoms. The highest BCUT2D eigenvalue weighted by Gasteiger charge is 2.06. The van der Waals surface area contributed by atoms with E-state index in [-0.39, 0.29) is 11.9 Å². The lowest BCUT2D eigenvalue weighted by Gasteiger charge is -2.13. The first kappa shape index (κ1) is 17.4. The minimum absolute atomic E-state index is 0.0569. The van der Waals surface area contributed by atoms with E-state index in [1.807, 2.05) is 6.92 Å². The average Bonchev–Trinajstić information content (AvgIpc) is 2.35. The number of rotatable bonds is 12. The Morgan fingerprint density at radius 1 is 1.22 bits per heavy atom. The molecular weight excluding hydrogens is 232 g/mol. The molecular formula is C13H28N2O3. The maximum Gasteiger partial charge on any atom is 0.222 e. The van der Waals surface area contributed by atoms with Gasteiger partial charge in [0, 0.05) is 19.0 Å². The van der Waals surface area contributed by atoms with Crippen LogP contribution in [0.5, 0.6) is 0 Å². The van der Waals surface area contributed by atoms with Gasteiger partial charge in [0.2, 0.25) is 5.91 Å². The van der Waals surface area contributed by atoms with Crippen molar-refractivity contribution in [2.45, 2.75) is 45.6 Å². The molecule has 18 heavy (non-hydrogen) atoms. The Kier molecular flexibility index (Phi) is 12.3. The quantitative estimate of drug-likeness (QED) is 0.515. The lowest BCUT2D eigenvalue weighted by Crippen LogP contribution is -2.33. The topological polar surface area (TPSA) is 73.6 Å². The monoisotopic (exact) mass is 260 g/mol. The molecule has 0 radical (unpaired) electrons. The van der Waals surface area contributed by atoms with E-state index in [0.717, 1.165) is 19.3 Å². The standard InChI is InChI=1S/C13H28N2O3/c1-3-4-5-12(2)15-13(16)6-8-17-10-11-18-9-7-14/h12H,3-11,14H2,1-2H3,(H,15,16). The Bertz CT molecular complexity index is 201. The summed E-state index contributed by atoms with van der Waals surface area (Å²) >= 11 is 0. The molecule has 0 saturated carbocycles. The summed E-state index contributed by atoms with van der Waals surface area (Å²) in [5, 5.41) is 2.96. The van der Waals surface area contributed by atoms with Gasteiger partial charge in [-0.25, -0.2) is 0 Å². The number of carbonyl (C=O) groups is 1. The Labute approximate surface area is 110 Å². The number of nitrogens with one attached hydrogen (secondary N) is 1. The molecule has 0 fully saturated rings. The minimum atomic E-state index is 0.0569. The van der Waals surface area contributed by atoms with E-state index in [1.54, 1.807) is 0 Å². The summed E-state index contributed by atoms with van der Waals surface area (Å²) in [4.78, 5) is 11.5. The van der Waals surface area contributed by atoms with Gasteiger partial charge in [0.1, 0.15) is 0 Å². The first-order valence-electron chi connectivity index (χ1n) is 6.85. The molecule has 3 N–H and O–H groups in total. The van der Waals surface area contributed by atoms with Crippen molar-refractivity contribution in [3.8, 4) is 0 Å². The van der Waals surface area contributed by atoms with Crippen molar-refractivity contribution in [1.82, 2.24) is 5.32 Å². The number of amides is 1. The summed E-state index contributed by atoms with van der Waals surface area (Å²) < 4.78 is 10.4. The fraction of sp³-hybridized carbons (Fsp3) is 0.923. The zero-order valence-electron chi connectivity index (χ0n) is 11.7. The van der Waals surface area contributed by atoms with Crippen LogP contribution in [0.25, 0.3) is 0 Å². The molecule has 1 atom stereocenters. The van der Waals surface area contributed by atoms with Gasteiger partial charge in [-0.1, -0.05) is 19.8 Å². The molecule has 0 bridgehead atoms. The fourth-order valence-electron chi connectivity index (χ4n) is 1.50. The van der Waals surface area contributed by atoms with Crippen molar-refractivity contribution in [3.05, 3.63) is 0 Å². The second-order valence-electron chi connectivity index (χ2n) is 4.37. The molecule has 0 aliphatic carbocycles. The Morgan fingerprint density at radius 3 is 2.50 bits per heavy atom. The number of ether oxygens (including phenoxy) is 2. The molecule has 0 aliphatic rings. The van der Waals surface area contributed by atoms with Gasteiger partial charge in [0.25, 0.3) is 0 Å². The normalized spacial score (nSPS) is 12.4. The van der Waals surface area contributed by atoms with Crippen LogP contribution in [0.3, 0.4) is 0 Å². The van der Waals surface area contributed by atoms with Crippen LogP contribution in [0.2, 0.25) is 0 Å². The van der Waals surface area contributed by atoms with Gasteiger partial charge in [-0.2, -0.15) is 0 Å². The van der Waals surface area contributed by atoms with Gasteiger partial charge < -0.3 is 20.5 Å². The van der Waals surface area contributed by atoms with Gasteiger partial charge >= 0.3 is 0 Å². The molecule has 0 heterocycles. The van der Waals surface area contributed by atoms with Crippen LogP contribution in [0.4, 0.5) is 0 Å². The molecule has 0 saturated heterocycles. The smallest absolute Gasteiger partial charge is 0.222 e. The lowest BCUT2D eigenvalue weighted by molar-refractivity contribution is -0.122. The van der Waals surface area contributed by atoms with Crippen molar-refractivity contribution >= 4 is 5.91 Å². The molecule has 0 aromatic heterocycles. The van der Waals surface area contributed by atoms with Crippen LogP contribution >= 0.6 is 0 Å². The predicted molar refractivity (Wildman–Crippen MR) is 72.4 cm³/mol. The van der Waals surface area contributed by atoms with Crippen LogP contribution in [0.15, 0.2) is 0 Å².